The highest BCUT2D eigenvalue weighted by atomic mass is 16.5. The minimum atomic E-state index is -0.0854. The van der Waals surface area contributed by atoms with Gasteiger partial charge in [0.1, 0.15) is 18.1 Å². The zero-order chi connectivity index (χ0) is 18.8. The molecule has 0 aliphatic carbocycles. The Morgan fingerprint density at radius 2 is 1.70 bits per heavy atom. The molecule has 1 aromatic heterocycles. The molecule has 138 valence electrons. The minimum absolute atomic E-state index is 0.0854. The number of anilines is 1. The van der Waals surface area contributed by atoms with Gasteiger partial charge in [0.25, 0.3) is 0 Å². The van der Waals surface area contributed by atoms with Gasteiger partial charge in [0.2, 0.25) is 5.95 Å². The predicted molar refractivity (Wildman–Crippen MR) is 102 cm³/mol. The lowest BCUT2D eigenvalue weighted by Gasteiger charge is -2.25. The Morgan fingerprint density at radius 3 is 2.41 bits per heavy atom. The molecule has 7 heteroatoms. The zero-order valence-corrected chi connectivity index (χ0v) is 15.3. The Balaban J connectivity index is 1.76. The van der Waals surface area contributed by atoms with E-state index in [2.05, 4.69) is 21.5 Å². The van der Waals surface area contributed by atoms with Crippen LogP contribution < -0.4 is 19.5 Å². The maximum absolute atomic E-state index is 5.43. The Labute approximate surface area is 157 Å². The van der Waals surface area contributed by atoms with Crippen LogP contribution >= 0.6 is 0 Å². The number of benzene rings is 2. The lowest BCUT2D eigenvalue weighted by Crippen LogP contribution is -2.20. The number of ether oxygens (including phenoxy) is 3. The number of aromatic nitrogens is 3. The number of hydrogen-bond acceptors (Lipinski definition) is 6. The van der Waals surface area contributed by atoms with Gasteiger partial charge in [0, 0.05) is 11.3 Å². The van der Waals surface area contributed by atoms with Gasteiger partial charge in [-0.05, 0) is 42.0 Å². The van der Waals surface area contributed by atoms with Gasteiger partial charge in [-0.25, -0.2) is 4.68 Å². The summed E-state index contributed by atoms with van der Waals surface area (Å²) < 4.78 is 17.9. The van der Waals surface area contributed by atoms with E-state index in [-0.39, 0.29) is 6.04 Å². The summed E-state index contributed by atoms with van der Waals surface area (Å²) >= 11 is 0. The summed E-state index contributed by atoms with van der Waals surface area (Å²) in [6.07, 6.45) is 3.66. The SMILES string of the molecule is COc1ccc([C@H]2C=C(c3ccc(OC)c(OC)c3)Nc3ncnn32)cc1. The largest absolute Gasteiger partial charge is 0.497 e. The molecule has 0 saturated heterocycles. The van der Waals surface area contributed by atoms with Gasteiger partial charge < -0.3 is 19.5 Å². The predicted octanol–water partition coefficient (Wildman–Crippen LogP) is 3.36. The molecule has 0 spiro atoms. The number of hydrogen-bond donors (Lipinski definition) is 1. The zero-order valence-electron chi connectivity index (χ0n) is 15.3. The van der Waals surface area contributed by atoms with E-state index in [9.17, 15) is 0 Å². The van der Waals surface area contributed by atoms with Crippen LogP contribution in [0.2, 0.25) is 0 Å². The lowest BCUT2D eigenvalue weighted by molar-refractivity contribution is 0.355. The summed E-state index contributed by atoms with van der Waals surface area (Å²) in [5.41, 5.74) is 2.99. The summed E-state index contributed by atoms with van der Waals surface area (Å²) in [6.45, 7) is 0. The van der Waals surface area contributed by atoms with Crippen LogP contribution in [0.4, 0.5) is 5.95 Å². The molecule has 0 saturated carbocycles. The van der Waals surface area contributed by atoms with Crippen LogP contribution in [0.5, 0.6) is 17.2 Å². The summed E-state index contributed by atoms with van der Waals surface area (Å²) in [5.74, 6) is 2.86. The number of nitrogens with zero attached hydrogens (tertiary/aromatic N) is 3. The molecule has 7 nitrogen and oxygen atoms in total. The third-order valence-corrected chi connectivity index (χ3v) is 4.56. The summed E-state index contributed by atoms with van der Waals surface area (Å²) in [4.78, 5) is 4.34. The van der Waals surface area contributed by atoms with Gasteiger partial charge in [0.05, 0.1) is 21.3 Å². The molecule has 0 radical (unpaired) electrons. The number of methoxy groups -OCH3 is 3. The summed E-state index contributed by atoms with van der Waals surface area (Å²) in [5, 5.41) is 7.70. The van der Waals surface area contributed by atoms with Crippen LogP contribution in [-0.4, -0.2) is 36.1 Å². The van der Waals surface area contributed by atoms with E-state index in [1.54, 1.807) is 27.7 Å². The Bertz CT molecular complexity index is 979. The van der Waals surface area contributed by atoms with E-state index < -0.39 is 0 Å². The van der Waals surface area contributed by atoms with Gasteiger partial charge in [-0.15, -0.1) is 0 Å². The molecular weight excluding hydrogens is 344 g/mol. The standard InChI is InChI=1S/C20H20N4O3/c1-25-15-7-4-13(5-8-15)17-11-16(23-20-21-12-22-24(17)20)14-6-9-18(26-2)19(10-14)27-3/h4-12,17H,1-3H3,(H,21,22,23)/t17-/m1/s1. The monoisotopic (exact) mass is 364 g/mol. The van der Waals surface area contributed by atoms with Crippen LogP contribution in [0.1, 0.15) is 17.2 Å². The first-order valence-electron chi connectivity index (χ1n) is 8.48. The van der Waals surface area contributed by atoms with Crippen LogP contribution in [-0.2, 0) is 0 Å². The first-order chi connectivity index (χ1) is 13.2. The quantitative estimate of drug-likeness (QED) is 0.749. The highest BCUT2D eigenvalue weighted by Crippen LogP contribution is 2.35. The lowest BCUT2D eigenvalue weighted by atomic mass is 10.0. The van der Waals surface area contributed by atoms with Gasteiger partial charge in [-0.1, -0.05) is 12.1 Å². The van der Waals surface area contributed by atoms with Crippen molar-refractivity contribution < 1.29 is 14.2 Å². The van der Waals surface area contributed by atoms with Crippen molar-refractivity contribution in [3.05, 3.63) is 66.0 Å². The average molecular weight is 364 g/mol. The highest BCUT2D eigenvalue weighted by molar-refractivity contribution is 5.78. The Kier molecular flexibility index (Phi) is 4.42. The van der Waals surface area contributed by atoms with Crippen LogP contribution in [0.15, 0.2) is 54.9 Å². The van der Waals surface area contributed by atoms with E-state index in [0.717, 1.165) is 22.6 Å². The highest BCUT2D eigenvalue weighted by Gasteiger charge is 2.24. The van der Waals surface area contributed by atoms with Crippen molar-refractivity contribution in [1.29, 1.82) is 0 Å². The number of fused-ring (bicyclic) bond motifs is 1. The van der Waals surface area contributed by atoms with Crippen LogP contribution in [0, 0.1) is 0 Å². The molecule has 1 atom stereocenters. The second kappa shape index (κ2) is 7.03. The van der Waals surface area contributed by atoms with Crippen molar-refractivity contribution in [2.45, 2.75) is 6.04 Å². The molecule has 4 rings (SSSR count). The van der Waals surface area contributed by atoms with Gasteiger partial charge in [-0.2, -0.15) is 10.1 Å². The van der Waals surface area contributed by atoms with Crippen molar-refractivity contribution in [2.24, 2.45) is 0 Å². The second-order valence-electron chi connectivity index (χ2n) is 6.02. The molecule has 2 heterocycles. The fourth-order valence-electron chi connectivity index (χ4n) is 3.14. The van der Waals surface area contributed by atoms with E-state index >= 15 is 0 Å². The van der Waals surface area contributed by atoms with Crippen molar-refractivity contribution >= 4 is 11.6 Å². The minimum Gasteiger partial charge on any atom is -0.497 e. The molecule has 1 N–H and O–H groups in total. The molecule has 0 amide bonds. The van der Waals surface area contributed by atoms with E-state index in [1.165, 1.54) is 0 Å². The van der Waals surface area contributed by atoms with Gasteiger partial charge in [-0.3, -0.25) is 0 Å². The van der Waals surface area contributed by atoms with Gasteiger partial charge >= 0.3 is 0 Å². The molecule has 0 bridgehead atoms. The van der Waals surface area contributed by atoms with Crippen molar-refractivity contribution in [1.82, 2.24) is 14.8 Å². The van der Waals surface area contributed by atoms with Crippen molar-refractivity contribution in [3.8, 4) is 17.2 Å². The summed E-state index contributed by atoms with van der Waals surface area (Å²) in [6, 6.07) is 13.7. The normalized spacial score (nSPS) is 15.4. The molecule has 0 unspecified atom stereocenters. The maximum atomic E-state index is 5.43. The van der Waals surface area contributed by atoms with E-state index in [4.69, 9.17) is 14.2 Å². The second-order valence-corrected chi connectivity index (χ2v) is 6.02. The van der Waals surface area contributed by atoms with E-state index in [0.29, 0.717) is 17.4 Å². The van der Waals surface area contributed by atoms with E-state index in [1.807, 2.05) is 47.1 Å². The first kappa shape index (κ1) is 17.0. The topological polar surface area (TPSA) is 70.4 Å². The number of nitrogens with one attached hydrogen (secondary N) is 1. The van der Waals surface area contributed by atoms with Gasteiger partial charge in [0.15, 0.2) is 11.5 Å². The molecule has 1 aliphatic rings. The molecule has 0 fully saturated rings. The van der Waals surface area contributed by atoms with Crippen LogP contribution in [0.25, 0.3) is 5.70 Å². The third kappa shape index (κ3) is 3.08. The van der Waals surface area contributed by atoms with Crippen molar-refractivity contribution in [2.75, 3.05) is 26.6 Å². The Morgan fingerprint density at radius 1 is 0.926 bits per heavy atom. The fraction of sp³-hybridized carbons (Fsp3) is 0.200. The fourth-order valence-corrected chi connectivity index (χ4v) is 3.14. The first-order valence-corrected chi connectivity index (χ1v) is 8.48. The smallest absolute Gasteiger partial charge is 0.226 e. The summed E-state index contributed by atoms with van der Waals surface area (Å²) in [7, 11) is 4.91. The maximum Gasteiger partial charge on any atom is 0.226 e. The molecule has 27 heavy (non-hydrogen) atoms. The van der Waals surface area contributed by atoms with Crippen molar-refractivity contribution in [3.63, 3.8) is 0 Å². The molecule has 1 aliphatic heterocycles. The molecular formula is C20H20N4O3. The number of rotatable bonds is 5. The van der Waals surface area contributed by atoms with Crippen LogP contribution in [0.3, 0.4) is 0 Å². The number of allylic oxidation sites excluding steroid dienone is 1. The third-order valence-electron chi connectivity index (χ3n) is 4.56. The molecule has 3 aromatic rings. The Hall–Kier alpha value is -3.48. The average Bonchev–Trinajstić information content (AvgIpc) is 3.21. The molecule has 2 aromatic carbocycles.